The predicted octanol–water partition coefficient (Wildman–Crippen LogP) is 4.94. The molecule has 8 heteroatoms. The monoisotopic (exact) mass is 473 g/mol. The summed E-state index contributed by atoms with van der Waals surface area (Å²) < 4.78 is 6.85. The zero-order valence-electron chi connectivity index (χ0n) is 20.6. The summed E-state index contributed by atoms with van der Waals surface area (Å²) in [4.78, 5) is 28.9. The Morgan fingerprint density at radius 3 is 2.60 bits per heavy atom. The molecule has 0 saturated heterocycles. The lowest BCUT2D eigenvalue weighted by molar-refractivity contribution is -0.139. The molecule has 1 fully saturated rings. The number of nitriles is 1. The van der Waals surface area contributed by atoms with Gasteiger partial charge in [-0.05, 0) is 73.1 Å². The van der Waals surface area contributed by atoms with Gasteiger partial charge in [0.05, 0.1) is 29.8 Å². The Balaban J connectivity index is 1.73. The number of nitrogens with one attached hydrogen (secondary N) is 2. The van der Waals surface area contributed by atoms with Crippen molar-refractivity contribution in [2.75, 3.05) is 19.0 Å². The van der Waals surface area contributed by atoms with Crippen molar-refractivity contribution >= 4 is 34.5 Å². The zero-order valence-corrected chi connectivity index (χ0v) is 20.6. The fourth-order valence-electron chi connectivity index (χ4n) is 5.27. The molecular weight excluding hydrogens is 442 g/mol. The van der Waals surface area contributed by atoms with Crippen LogP contribution in [0.5, 0.6) is 0 Å². The number of hydrogen-bond donors (Lipinski definition) is 2. The molecule has 1 saturated carbocycles. The van der Waals surface area contributed by atoms with E-state index in [0.29, 0.717) is 28.5 Å². The lowest BCUT2D eigenvalue weighted by Crippen LogP contribution is -2.30. The maximum atomic E-state index is 12.6. The summed E-state index contributed by atoms with van der Waals surface area (Å²) in [6.45, 7) is 6.73. The van der Waals surface area contributed by atoms with E-state index in [9.17, 15) is 9.59 Å². The van der Waals surface area contributed by atoms with E-state index in [2.05, 4.69) is 46.8 Å². The number of rotatable bonds is 6. The molecule has 2 aromatic carbocycles. The number of imidazole rings is 1. The molecule has 2 N–H and O–H groups in total. The van der Waals surface area contributed by atoms with Crippen LogP contribution in [0.3, 0.4) is 0 Å². The van der Waals surface area contributed by atoms with E-state index in [1.54, 1.807) is 24.3 Å². The van der Waals surface area contributed by atoms with E-state index >= 15 is 0 Å². The van der Waals surface area contributed by atoms with E-state index in [4.69, 9.17) is 10.2 Å². The van der Waals surface area contributed by atoms with Crippen LogP contribution in [0, 0.1) is 22.7 Å². The van der Waals surface area contributed by atoms with Crippen molar-refractivity contribution in [1.29, 1.82) is 5.26 Å². The first-order valence-electron chi connectivity index (χ1n) is 11.8. The maximum absolute atomic E-state index is 12.6. The second kappa shape index (κ2) is 9.79. The zero-order chi connectivity index (χ0) is 25.2. The predicted molar refractivity (Wildman–Crippen MR) is 134 cm³/mol. The SMILES string of the molecule is COC(=O)CNC(=O)c1ccc2c(c1)nc(Nc1ccc(C#N)cc1)n2C1C[C@H](C)CC(C)(C)C1. The fraction of sp³-hybridized carbons (Fsp3) is 0.407. The molecule has 3 aromatic rings. The van der Waals surface area contributed by atoms with Gasteiger partial charge in [0.25, 0.3) is 5.91 Å². The minimum Gasteiger partial charge on any atom is -0.468 e. The van der Waals surface area contributed by atoms with Crippen LogP contribution < -0.4 is 10.6 Å². The number of fused-ring (bicyclic) bond motifs is 1. The number of amides is 1. The van der Waals surface area contributed by atoms with Crippen LogP contribution in [0.4, 0.5) is 11.6 Å². The normalized spacial score (nSPS) is 19.1. The lowest BCUT2D eigenvalue weighted by atomic mass is 9.70. The Labute approximate surface area is 205 Å². The van der Waals surface area contributed by atoms with Crippen molar-refractivity contribution in [2.24, 2.45) is 11.3 Å². The fourth-order valence-corrected chi connectivity index (χ4v) is 5.27. The topological polar surface area (TPSA) is 109 Å². The highest BCUT2D eigenvalue weighted by atomic mass is 16.5. The average Bonchev–Trinajstić information content (AvgIpc) is 3.18. The number of carbonyl (C=O) groups is 2. The quantitative estimate of drug-likeness (QED) is 0.491. The highest BCUT2D eigenvalue weighted by molar-refractivity contribution is 5.99. The maximum Gasteiger partial charge on any atom is 0.325 e. The van der Waals surface area contributed by atoms with Gasteiger partial charge in [0.1, 0.15) is 6.54 Å². The van der Waals surface area contributed by atoms with E-state index in [1.807, 2.05) is 18.2 Å². The summed E-state index contributed by atoms with van der Waals surface area (Å²) in [6.07, 6.45) is 3.24. The van der Waals surface area contributed by atoms with E-state index in [0.717, 1.165) is 24.0 Å². The van der Waals surface area contributed by atoms with Crippen molar-refractivity contribution < 1.29 is 14.3 Å². The van der Waals surface area contributed by atoms with Crippen LogP contribution in [-0.4, -0.2) is 35.1 Å². The molecule has 35 heavy (non-hydrogen) atoms. The molecule has 1 aliphatic rings. The Morgan fingerprint density at radius 1 is 1.20 bits per heavy atom. The molecule has 1 amide bonds. The van der Waals surface area contributed by atoms with Crippen LogP contribution in [0.2, 0.25) is 0 Å². The molecule has 1 unspecified atom stereocenters. The van der Waals surface area contributed by atoms with Gasteiger partial charge in [-0.15, -0.1) is 0 Å². The van der Waals surface area contributed by atoms with Crippen molar-refractivity contribution in [3.8, 4) is 6.07 Å². The lowest BCUT2D eigenvalue weighted by Gasteiger charge is -2.40. The number of esters is 1. The Hall–Kier alpha value is -3.86. The second-order valence-electron chi connectivity index (χ2n) is 10.1. The molecule has 0 aliphatic heterocycles. The minimum absolute atomic E-state index is 0.192. The van der Waals surface area contributed by atoms with E-state index in [-0.39, 0.29) is 23.9 Å². The Morgan fingerprint density at radius 2 is 1.94 bits per heavy atom. The van der Waals surface area contributed by atoms with Crippen molar-refractivity contribution in [3.05, 3.63) is 53.6 Å². The number of anilines is 2. The summed E-state index contributed by atoms with van der Waals surface area (Å²) in [5.74, 6) is 0.409. The number of benzene rings is 2. The summed E-state index contributed by atoms with van der Waals surface area (Å²) in [7, 11) is 1.28. The van der Waals surface area contributed by atoms with Gasteiger partial charge in [-0.3, -0.25) is 9.59 Å². The Kier molecular flexibility index (Phi) is 6.79. The molecule has 1 heterocycles. The van der Waals surface area contributed by atoms with Crippen LogP contribution in [0.25, 0.3) is 11.0 Å². The van der Waals surface area contributed by atoms with Gasteiger partial charge in [-0.1, -0.05) is 20.8 Å². The summed E-state index contributed by atoms with van der Waals surface area (Å²) in [6, 6.07) is 15.1. The van der Waals surface area contributed by atoms with Gasteiger partial charge in [0.15, 0.2) is 0 Å². The first-order chi connectivity index (χ1) is 16.7. The van der Waals surface area contributed by atoms with E-state index < -0.39 is 5.97 Å². The summed E-state index contributed by atoms with van der Waals surface area (Å²) >= 11 is 0. The van der Waals surface area contributed by atoms with Gasteiger partial charge >= 0.3 is 5.97 Å². The van der Waals surface area contributed by atoms with Crippen molar-refractivity contribution in [1.82, 2.24) is 14.9 Å². The third-order valence-corrected chi connectivity index (χ3v) is 6.57. The van der Waals surface area contributed by atoms with Crippen molar-refractivity contribution in [3.63, 3.8) is 0 Å². The van der Waals surface area contributed by atoms with Crippen LogP contribution in [0.15, 0.2) is 42.5 Å². The number of nitrogens with zero attached hydrogens (tertiary/aromatic N) is 3. The van der Waals surface area contributed by atoms with Crippen molar-refractivity contribution in [2.45, 2.75) is 46.1 Å². The number of ether oxygens (including phenoxy) is 1. The molecule has 8 nitrogen and oxygen atoms in total. The number of carbonyl (C=O) groups excluding carboxylic acids is 2. The highest BCUT2D eigenvalue weighted by Crippen LogP contribution is 2.46. The second-order valence-corrected chi connectivity index (χ2v) is 10.1. The van der Waals surface area contributed by atoms with Gasteiger partial charge in [0, 0.05) is 17.3 Å². The first kappa shape index (κ1) is 24.3. The average molecular weight is 474 g/mol. The summed E-state index contributed by atoms with van der Waals surface area (Å²) in [5.41, 5.74) is 3.70. The molecule has 0 radical (unpaired) electrons. The standard InChI is InChI=1S/C27H31N5O3/c1-17-11-21(14-27(2,3)13-17)32-23-10-7-19(25(34)29-16-24(33)35-4)12-22(23)31-26(32)30-20-8-5-18(15-28)6-9-20/h5-10,12,17,21H,11,13-14,16H2,1-4H3,(H,29,34)(H,30,31)/t17-,21?/m0/s1. The molecular formula is C27H31N5O3. The smallest absolute Gasteiger partial charge is 0.325 e. The largest absolute Gasteiger partial charge is 0.468 e. The van der Waals surface area contributed by atoms with Crippen LogP contribution in [-0.2, 0) is 9.53 Å². The number of aromatic nitrogens is 2. The van der Waals surface area contributed by atoms with E-state index in [1.165, 1.54) is 13.5 Å². The van der Waals surface area contributed by atoms with Gasteiger partial charge in [-0.2, -0.15) is 5.26 Å². The third kappa shape index (κ3) is 5.46. The van der Waals surface area contributed by atoms with Gasteiger partial charge in [0.2, 0.25) is 5.95 Å². The summed E-state index contributed by atoms with van der Waals surface area (Å²) in [5, 5.41) is 15.1. The van der Waals surface area contributed by atoms with Gasteiger partial charge in [-0.25, -0.2) is 4.98 Å². The first-order valence-corrected chi connectivity index (χ1v) is 11.8. The third-order valence-electron chi connectivity index (χ3n) is 6.57. The van der Waals surface area contributed by atoms with Gasteiger partial charge < -0.3 is 19.9 Å². The molecule has 1 aliphatic carbocycles. The molecule has 1 aromatic heterocycles. The molecule has 2 atom stereocenters. The number of hydrogen-bond acceptors (Lipinski definition) is 6. The molecule has 0 bridgehead atoms. The number of methoxy groups -OCH3 is 1. The Bertz CT molecular complexity index is 1290. The molecule has 4 rings (SSSR count). The molecule has 0 spiro atoms. The highest BCUT2D eigenvalue weighted by Gasteiger charge is 2.34. The van der Waals surface area contributed by atoms with Crippen LogP contribution >= 0.6 is 0 Å². The van der Waals surface area contributed by atoms with Crippen LogP contribution in [0.1, 0.15) is 62.0 Å². The minimum atomic E-state index is -0.508. The molecule has 182 valence electrons.